The van der Waals surface area contributed by atoms with Crippen molar-refractivity contribution in [2.75, 3.05) is 13.2 Å². The Morgan fingerprint density at radius 1 is 1.03 bits per heavy atom. The molecule has 0 saturated carbocycles. The molecule has 0 aromatic heterocycles. The normalized spacial score (nSPS) is 26.1. The van der Waals surface area contributed by atoms with Crippen LogP contribution in [0.15, 0.2) is 48.5 Å². The van der Waals surface area contributed by atoms with Crippen molar-refractivity contribution in [3.63, 3.8) is 0 Å². The minimum atomic E-state index is -4.74. The lowest BCUT2D eigenvalue weighted by Crippen LogP contribution is -2.61. The maximum atomic E-state index is 13.3. The van der Waals surface area contributed by atoms with Crippen LogP contribution in [0.3, 0.4) is 0 Å². The molecule has 0 aliphatic carbocycles. The van der Waals surface area contributed by atoms with Gasteiger partial charge in [0.05, 0.1) is 29.4 Å². The van der Waals surface area contributed by atoms with Gasteiger partial charge in [-0.1, -0.05) is 30.3 Å². The number of hydrogen-bond acceptors (Lipinski definition) is 3. The number of hydrogen-bond donors (Lipinski definition) is 2. The number of alkyl halides is 5. The Bertz CT molecular complexity index is 1020. The first-order valence-corrected chi connectivity index (χ1v) is 11.3. The van der Waals surface area contributed by atoms with Crippen LogP contribution in [0.4, 0.5) is 22.0 Å². The predicted molar refractivity (Wildman–Crippen MR) is 116 cm³/mol. The van der Waals surface area contributed by atoms with Gasteiger partial charge in [-0.2, -0.15) is 13.2 Å². The van der Waals surface area contributed by atoms with Crippen molar-refractivity contribution in [3.8, 4) is 0 Å². The van der Waals surface area contributed by atoms with E-state index in [1.54, 1.807) is 6.92 Å². The number of piperidine rings is 1. The summed E-state index contributed by atoms with van der Waals surface area (Å²) in [6.45, 7) is 2.22. The van der Waals surface area contributed by atoms with Crippen LogP contribution >= 0.6 is 0 Å². The average molecular weight is 482 g/mol. The third kappa shape index (κ3) is 5.10. The molecule has 2 aliphatic heterocycles. The summed E-state index contributed by atoms with van der Waals surface area (Å²) in [5.74, 6) is 0.0262. The van der Waals surface area contributed by atoms with Gasteiger partial charge >= 0.3 is 6.18 Å². The van der Waals surface area contributed by atoms with Crippen molar-refractivity contribution in [1.29, 1.82) is 0 Å². The Labute approximate surface area is 194 Å². The van der Waals surface area contributed by atoms with Gasteiger partial charge in [0.15, 0.2) is 0 Å². The van der Waals surface area contributed by atoms with Crippen molar-refractivity contribution in [1.82, 2.24) is 10.6 Å². The average Bonchev–Trinajstić information content (AvgIpc) is 3.18. The topological polar surface area (TPSA) is 50.4 Å². The third-order valence-electron chi connectivity index (χ3n) is 6.96. The SMILES string of the molecule is C[C@@H](OC[C@@]1(c2ccccc2)CC[C@]2(CCC(=O)N2)CN1)c1cc(C(F)F)cc(C(F)(F)F)c1. The van der Waals surface area contributed by atoms with Gasteiger partial charge in [-0.3, -0.25) is 4.79 Å². The zero-order valence-corrected chi connectivity index (χ0v) is 18.7. The lowest BCUT2D eigenvalue weighted by molar-refractivity contribution is -0.137. The van der Waals surface area contributed by atoms with Gasteiger partial charge in [0, 0.05) is 18.5 Å². The molecule has 9 heteroatoms. The highest BCUT2D eigenvalue weighted by molar-refractivity contribution is 5.79. The Morgan fingerprint density at radius 2 is 1.74 bits per heavy atom. The first kappa shape index (κ1) is 24.6. The van der Waals surface area contributed by atoms with Crippen LogP contribution in [0.1, 0.15) is 67.4 Å². The van der Waals surface area contributed by atoms with Crippen LogP contribution in [-0.4, -0.2) is 24.6 Å². The molecule has 3 atom stereocenters. The molecular formula is C25H27F5N2O2. The molecule has 0 bridgehead atoms. The summed E-state index contributed by atoms with van der Waals surface area (Å²) in [6.07, 6.45) is -6.04. The standard InChI is InChI=1S/C25H27F5N2O2/c1-16(17-11-18(22(26)27)13-20(12-17)25(28,29)30)34-15-24(19-5-3-2-4-6-19)10-9-23(14-31-24)8-7-21(33)32-23/h2-6,11-13,16,22,31H,7-10,14-15H2,1H3,(H,32,33)/t16-,23-,24-/m1/s1. The lowest BCUT2D eigenvalue weighted by Gasteiger charge is -2.46. The molecular weight excluding hydrogens is 455 g/mol. The first-order chi connectivity index (χ1) is 16.0. The minimum Gasteiger partial charge on any atom is -0.372 e. The molecule has 1 amide bonds. The van der Waals surface area contributed by atoms with Crippen molar-refractivity contribution < 1.29 is 31.5 Å². The summed E-state index contributed by atoms with van der Waals surface area (Å²) < 4.78 is 72.4. The highest BCUT2D eigenvalue weighted by Crippen LogP contribution is 2.40. The predicted octanol–water partition coefficient (Wildman–Crippen LogP) is 5.65. The van der Waals surface area contributed by atoms with Crippen LogP contribution in [-0.2, 0) is 21.2 Å². The van der Waals surface area contributed by atoms with E-state index in [9.17, 15) is 26.7 Å². The first-order valence-electron chi connectivity index (χ1n) is 11.3. The molecule has 2 aromatic rings. The highest BCUT2D eigenvalue weighted by atomic mass is 19.4. The molecule has 2 aliphatic rings. The van der Waals surface area contributed by atoms with Gasteiger partial charge in [-0.15, -0.1) is 0 Å². The second-order valence-electron chi connectivity index (χ2n) is 9.27. The number of halogens is 5. The molecule has 184 valence electrons. The van der Waals surface area contributed by atoms with Crippen molar-refractivity contribution in [2.45, 2.75) is 62.4 Å². The monoisotopic (exact) mass is 482 g/mol. The van der Waals surface area contributed by atoms with E-state index in [1.165, 1.54) is 0 Å². The summed E-state index contributed by atoms with van der Waals surface area (Å²) >= 11 is 0. The molecule has 1 spiro atoms. The maximum Gasteiger partial charge on any atom is 0.416 e. The largest absolute Gasteiger partial charge is 0.416 e. The summed E-state index contributed by atoms with van der Waals surface area (Å²) in [6, 6.07) is 12.0. The van der Waals surface area contributed by atoms with E-state index in [1.807, 2.05) is 30.3 Å². The van der Waals surface area contributed by atoms with Gasteiger partial charge in [-0.05, 0) is 55.5 Å². The molecule has 2 N–H and O–H groups in total. The maximum absolute atomic E-state index is 13.3. The van der Waals surface area contributed by atoms with Crippen molar-refractivity contribution in [3.05, 3.63) is 70.8 Å². The Morgan fingerprint density at radius 3 is 2.29 bits per heavy atom. The fourth-order valence-electron chi connectivity index (χ4n) is 4.84. The fraction of sp³-hybridized carbons (Fsp3) is 0.480. The number of nitrogens with one attached hydrogen (secondary N) is 2. The van der Waals surface area contributed by atoms with E-state index >= 15 is 0 Å². The molecule has 2 aromatic carbocycles. The molecule has 2 heterocycles. The van der Waals surface area contributed by atoms with Gasteiger partial charge in [0.1, 0.15) is 0 Å². The summed E-state index contributed by atoms with van der Waals surface area (Å²) in [5, 5.41) is 6.60. The van der Waals surface area contributed by atoms with Gasteiger partial charge in [-0.25, -0.2) is 8.78 Å². The van der Waals surface area contributed by atoms with E-state index < -0.39 is 35.4 Å². The molecule has 0 unspecified atom stereocenters. The minimum absolute atomic E-state index is 0.0262. The second kappa shape index (κ2) is 9.26. The molecule has 2 saturated heterocycles. The van der Waals surface area contributed by atoms with Gasteiger partial charge < -0.3 is 15.4 Å². The zero-order chi connectivity index (χ0) is 24.6. The van der Waals surface area contributed by atoms with Crippen molar-refractivity contribution >= 4 is 5.91 Å². The fourth-order valence-corrected chi connectivity index (χ4v) is 4.84. The van der Waals surface area contributed by atoms with Crippen LogP contribution in [0.25, 0.3) is 0 Å². The van der Waals surface area contributed by atoms with Crippen molar-refractivity contribution in [2.24, 2.45) is 0 Å². The van der Waals surface area contributed by atoms with Crippen LogP contribution in [0.2, 0.25) is 0 Å². The number of rotatable bonds is 6. The highest BCUT2D eigenvalue weighted by Gasteiger charge is 2.47. The van der Waals surface area contributed by atoms with Crippen LogP contribution < -0.4 is 10.6 Å². The van der Waals surface area contributed by atoms with E-state index in [0.29, 0.717) is 25.5 Å². The van der Waals surface area contributed by atoms with E-state index in [4.69, 9.17) is 4.74 Å². The van der Waals surface area contributed by atoms with Crippen LogP contribution in [0, 0.1) is 0 Å². The molecule has 34 heavy (non-hydrogen) atoms. The zero-order valence-electron chi connectivity index (χ0n) is 18.7. The van der Waals surface area contributed by atoms with Gasteiger partial charge in [0.2, 0.25) is 5.91 Å². The number of ether oxygens (including phenoxy) is 1. The molecule has 4 nitrogen and oxygen atoms in total. The Hall–Kier alpha value is -2.52. The molecule has 2 fully saturated rings. The summed E-state index contributed by atoms with van der Waals surface area (Å²) in [4.78, 5) is 11.8. The number of amides is 1. The number of carbonyl (C=O) groups is 1. The number of carbonyl (C=O) groups excluding carboxylic acids is 1. The van der Waals surface area contributed by atoms with E-state index in [0.717, 1.165) is 30.5 Å². The van der Waals surface area contributed by atoms with E-state index in [2.05, 4.69) is 10.6 Å². The second-order valence-corrected chi connectivity index (χ2v) is 9.27. The summed E-state index contributed by atoms with van der Waals surface area (Å²) in [7, 11) is 0. The Balaban J connectivity index is 1.56. The third-order valence-corrected chi connectivity index (χ3v) is 6.96. The quantitative estimate of drug-likeness (QED) is 0.524. The van der Waals surface area contributed by atoms with Gasteiger partial charge in [0.25, 0.3) is 6.43 Å². The van der Waals surface area contributed by atoms with E-state index in [-0.39, 0.29) is 23.6 Å². The smallest absolute Gasteiger partial charge is 0.372 e. The lowest BCUT2D eigenvalue weighted by atomic mass is 9.76. The molecule has 4 rings (SSSR count). The number of benzene rings is 2. The summed E-state index contributed by atoms with van der Waals surface area (Å²) in [5.41, 5.74) is -1.74. The Kier molecular flexibility index (Phi) is 6.70. The molecule has 0 radical (unpaired) electrons. The van der Waals surface area contributed by atoms with Crippen LogP contribution in [0.5, 0.6) is 0 Å².